The van der Waals surface area contributed by atoms with Crippen molar-refractivity contribution in [3.63, 3.8) is 0 Å². The van der Waals surface area contributed by atoms with Gasteiger partial charge >= 0.3 is 0 Å². The standard InChI is InChI=1S/C14H18BrClFNO/c1-9(3-2-6-18-10-4-5-10)19-14-8-13(17)12(16)7-11(14)15/h7-10,18H,2-6H2,1H3. The lowest BCUT2D eigenvalue weighted by Crippen LogP contribution is -2.20. The lowest BCUT2D eigenvalue weighted by molar-refractivity contribution is 0.205. The molecule has 0 saturated heterocycles. The van der Waals surface area contributed by atoms with E-state index in [1.165, 1.54) is 25.0 Å². The Balaban J connectivity index is 1.77. The van der Waals surface area contributed by atoms with Gasteiger partial charge in [0.15, 0.2) is 0 Å². The Morgan fingerprint density at radius 2 is 2.26 bits per heavy atom. The van der Waals surface area contributed by atoms with Crippen LogP contribution in [0.5, 0.6) is 5.75 Å². The van der Waals surface area contributed by atoms with Gasteiger partial charge in [-0.2, -0.15) is 0 Å². The molecule has 0 radical (unpaired) electrons. The summed E-state index contributed by atoms with van der Waals surface area (Å²) in [4.78, 5) is 0. The van der Waals surface area contributed by atoms with Crippen LogP contribution in [0, 0.1) is 5.82 Å². The molecule has 1 aromatic carbocycles. The molecule has 1 saturated carbocycles. The van der Waals surface area contributed by atoms with Crippen molar-refractivity contribution in [2.45, 2.75) is 44.8 Å². The largest absolute Gasteiger partial charge is 0.489 e. The number of rotatable bonds is 7. The molecular weight excluding hydrogens is 333 g/mol. The van der Waals surface area contributed by atoms with Gasteiger partial charge in [-0.15, -0.1) is 0 Å². The van der Waals surface area contributed by atoms with Gasteiger partial charge < -0.3 is 10.1 Å². The van der Waals surface area contributed by atoms with E-state index in [1.807, 2.05) is 6.92 Å². The Bertz CT molecular complexity index is 440. The smallest absolute Gasteiger partial charge is 0.145 e. The minimum Gasteiger partial charge on any atom is -0.489 e. The SMILES string of the molecule is CC(CCCNC1CC1)Oc1cc(F)c(Cl)cc1Br. The molecule has 5 heteroatoms. The first-order valence-corrected chi connectivity index (χ1v) is 7.78. The van der Waals surface area contributed by atoms with Crippen molar-refractivity contribution < 1.29 is 9.13 Å². The van der Waals surface area contributed by atoms with E-state index in [2.05, 4.69) is 21.2 Å². The molecule has 1 atom stereocenters. The predicted octanol–water partition coefficient (Wildman–Crippen LogP) is 4.54. The second-order valence-corrected chi connectivity index (χ2v) is 6.26. The number of ether oxygens (including phenoxy) is 1. The number of benzene rings is 1. The highest BCUT2D eigenvalue weighted by atomic mass is 79.9. The van der Waals surface area contributed by atoms with Gasteiger partial charge in [0.05, 0.1) is 15.6 Å². The highest BCUT2D eigenvalue weighted by molar-refractivity contribution is 9.10. The highest BCUT2D eigenvalue weighted by Gasteiger charge is 2.19. The van der Waals surface area contributed by atoms with Gasteiger partial charge in [-0.25, -0.2) is 4.39 Å². The molecule has 2 nitrogen and oxygen atoms in total. The fraction of sp³-hybridized carbons (Fsp3) is 0.571. The molecule has 0 spiro atoms. The van der Waals surface area contributed by atoms with Gasteiger partial charge in [0.1, 0.15) is 11.6 Å². The van der Waals surface area contributed by atoms with Crippen LogP contribution in [0.1, 0.15) is 32.6 Å². The van der Waals surface area contributed by atoms with E-state index >= 15 is 0 Å². The third kappa shape index (κ3) is 4.93. The lowest BCUT2D eigenvalue weighted by Gasteiger charge is -2.16. The van der Waals surface area contributed by atoms with Gasteiger partial charge in [-0.05, 0) is 61.1 Å². The molecule has 1 aromatic rings. The molecular formula is C14H18BrClFNO. The predicted molar refractivity (Wildman–Crippen MR) is 79.5 cm³/mol. The van der Waals surface area contributed by atoms with Crippen LogP contribution in [-0.4, -0.2) is 18.7 Å². The van der Waals surface area contributed by atoms with Crippen LogP contribution in [0.3, 0.4) is 0 Å². The topological polar surface area (TPSA) is 21.3 Å². The molecule has 0 aliphatic heterocycles. The molecule has 1 fully saturated rings. The van der Waals surface area contributed by atoms with Crippen LogP contribution in [0.2, 0.25) is 5.02 Å². The second kappa shape index (κ2) is 6.91. The molecule has 1 N–H and O–H groups in total. The molecule has 106 valence electrons. The summed E-state index contributed by atoms with van der Waals surface area (Å²) in [6.45, 7) is 3.02. The summed E-state index contributed by atoms with van der Waals surface area (Å²) in [6.07, 6.45) is 4.67. The van der Waals surface area contributed by atoms with E-state index in [4.69, 9.17) is 16.3 Å². The zero-order valence-electron chi connectivity index (χ0n) is 10.9. The van der Waals surface area contributed by atoms with Crippen LogP contribution < -0.4 is 10.1 Å². The van der Waals surface area contributed by atoms with Crippen LogP contribution in [0.4, 0.5) is 4.39 Å². The maximum absolute atomic E-state index is 13.4. The fourth-order valence-electron chi connectivity index (χ4n) is 1.85. The summed E-state index contributed by atoms with van der Waals surface area (Å²) >= 11 is 9.02. The molecule has 19 heavy (non-hydrogen) atoms. The molecule has 0 heterocycles. The van der Waals surface area contributed by atoms with Crippen molar-refractivity contribution in [3.05, 3.63) is 27.4 Å². The van der Waals surface area contributed by atoms with E-state index < -0.39 is 5.82 Å². The van der Waals surface area contributed by atoms with E-state index in [9.17, 15) is 4.39 Å². The monoisotopic (exact) mass is 349 g/mol. The third-order valence-electron chi connectivity index (χ3n) is 3.10. The lowest BCUT2D eigenvalue weighted by atomic mass is 10.2. The maximum Gasteiger partial charge on any atom is 0.145 e. The van der Waals surface area contributed by atoms with E-state index in [-0.39, 0.29) is 11.1 Å². The summed E-state index contributed by atoms with van der Waals surface area (Å²) in [5.74, 6) is 0.0482. The summed E-state index contributed by atoms with van der Waals surface area (Å²) in [7, 11) is 0. The van der Waals surface area contributed by atoms with Crippen molar-refractivity contribution in [2.24, 2.45) is 0 Å². The average molecular weight is 351 g/mol. The van der Waals surface area contributed by atoms with E-state index in [1.54, 1.807) is 0 Å². The highest BCUT2D eigenvalue weighted by Crippen LogP contribution is 2.31. The van der Waals surface area contributed by atoms with Crippen molar-refractivity contribution in [3.8, 4) is 5.75 Å². The summed E-state index contributed by atoms with van der Waals surface area (Å²) in [5.41, 5.74) is 0. The van der Waals surface area contributed by atoms with Crippen LogP contribution in [0.15, 0.2) is 16.6 Å². The fourth-order valence-corrected chi connectivity index (χ4v) is 2.59. The number of hydrogen-bond acceptors (Lipinski definition) is 2. The summed E-state index contributed by atoms with van der Waals surface area (Å²) in [5, 5.41) is 3.56. The zero-order chi connectivity index (χ0) is 13.8. The molecule has 2 rings (SSSR count). The van der Waals surface area contributed by atoms with Crippen molar-refractivity contribution in [1.82, 2.24) is 5.32 Å². The van der Waals surface area contributed by atoms with E-state index in [0.717, 1.165) is 25.4 Å². The van der Waals surface area contributed by atoms with Gasteiger partial charge in [0.2, 0.25) is 0 Å². The minimum atomic E-state index is -0.456. The Kier molecular flexibility index (Phi) is 5.48. The molecule has 0 amide bonds. The summed E-state index contributed by atoms with van der Waals surface area (Å²) < 4.78 is 19.8. The molecule has 0 aromatic heterocycles. The first kappa shape index (κ1) is 15.1. The molecule has 1 aliphatic rings. The Morgan fingerprint density at radius 1 is 1.53 bits per heavy atom. The first-order chi connectivity index (χ1) is 9.06. The average Bonchev–Trinajstić information content (AvgIpc) is 3.16. The Hall–Kier alpha value is -0.320. The number of halogens is 3. The van der Waals surface area contributed by atoms with Crippen molar-refractivity contribution in [1.29, 1.82) is 0 Å². The van der Waals surface area contributed by atoms with Crippen molar-refractivity contribution >= 4 is 27.5 Å². The van der Waals surface area contributed by atoms with Gasteiger partial charge in [-0.1, -0.05) is 11.6 Å². The van der Waals surface area contributed by atoms with Crippen LogP contribution in [0.25, 0.3) is 0 Å². The van der Waals surface area contributed by atoms with E-state index in [0.29, 0.717) is 10.2 Å². The zero-order valence-corrected chi connectivity index (χ0v) is 13.2. The van der Waals surface area contributed by atoms with Crippen LogP contribution in [-0.2, 0) is 0 Å². The molecule has 1 unspecified atom stereocenters. The molecule has 1 aliphatic carbocycles. The second-order valence-electron chi connectivity index (χ2n) is 5.00. The summed E-state index contributed by atoms with van der Waals surface area (Å²) in [6, 6.07) is 3.59. The van der Waals surface area contributed by atoms with Gasteiger partial charge in [-0.3, -0.25) is 0 Å². The van der Waals surface area contributed by atoms with Gasteiger partial charge in [0.25, 0.3) is 0 Å². The Morgan fingerprint density at radius 3 is 2.95 bits per heavy atom. The minimum absolute atomic E-state index is 0.0536. The van der Waals surface area contributed by atoms with Gasteiger partial charge in [0, 0.05) is 12.1 Å². The number of nitrogens with one attached hydrogen (secondary N) is 1. The third-order valence-corrected chi connectivity index (χ3v) is 4.01. The van der Waals surface area contributed by atoms with Crippen molar-refractivity contribution in [2.75, 3.05) is 6.54 Å². The first-order valence-electron chi connectivity index (χ1n) is 6.61. The maximum atomic E-state index is 13.4. The molecule has 0 bridgehead atoms. The van der Waals surface area contributed by atoms with Crippen LogP contribution >= 0.6 is 27.5 Å². The quantitative estimate of drug-likeness (QED) is 0.576. The number of hydrogen-bond donors (Lipinski definition) is 1. The Labute approximate surface area is 126 Å². The normalized spacial score (nSPS) is 16.4.